The summed E-state index contributed by atoms with van der Waals surface area (Å²) in [6.45, 7) is 2.04. The number of ether oxygens (including phenoxy) is 3. The van der Waals surface area contributed by atoms with Crippen LogP contribution in [0, 0.1) is 6.92 Å². The number of benzene rings is 3. The highest BCUT2D eigenvalue weighted by Gasteiger charge is 2.17. The summed E-state index contributed by atoms with van der Waals surface area (Å²) in [7, 11) is 4.67. The summed E-state index contributed by atoms with van der Waals surface area (Å²) in [5.41, 5.74) is 3.91. The molecule has 1 amide bonds. The third-order valence-corrected chi connectivity index (χ3v) is 4.98. The van der Waals surface area contributed by atoms with Crippen molar-refractivity contribution >= 4 is 12.0 Å². The second kappa shape index (κ2) is 10.3. The van der Waals surface area contributed by atoms with Crippen LogP contribution in [0.2, 0.25) is 0 Å². The number of carbonyl (C=O) groups is 1. The first-order chi connectivity index (χ1) is 15.1. The van der Waals surface area contributed by atoms with Crippen LogP contribution >= 0.6 is 0 Å². The molecule has 0 unspecified atom stereocenters. The first-order valence-corrected chi connectivity index (χ1v) is 9.96. The molecule has 0 fully saturated rings. The van der Waals surface area contributed by atoms with Crippen molar-refractivity contribution in [2.75, 3.05) is 21.3 Å². The SMILES string of the molecule is COc1ccc(/C=C/C(=O)N[C@@H](c2ccccc2)c2ccc(C)cc2)c(OC)c1OC. The molecule has 5 heteroatoms. The average Bonchev–Trinajstić information content (AvgIpc) is 2.81. The number of rotatable bonds is 8. The maximum Gasteiger partial charge on any atom is 0.244 e. The van der Waals surface area contributed by atoms with Crippen molar-refractivity contribution in [1.29, 1.82) is 0 Å². The van der Waals surface area contributed by atoms with Crippen molar-refractivity contribution in [2.24, 2.45) is 0 Å². The maximum absolute atomic E-state index is 12.8. The van der Waals surface area contributed by atoms with Crippen molar-refractivity contribution in [3.8, 4) is 17.2 Å². The molecule has 0 aromatic heterocycles. The first kappa shape index (κ1) is 22.0. The zero-order valence-electron chi connectivity index (χ0n) is 18.2. The van der Waals surface area contributed by atoms with Crippen LogP contribution in [0.3, 0.4) is 0 Å². The van der Waals surface area contributed by atoms with Crippen LogP contribution in [0.5, 0.6) is 17.2 Å². The van der Waals surface area contributed by atoms with E-state index in [9.17, 15) is 4.79 Å². The Kier molecular flexibility index (Phi) is 7.33. The van der Waals surface area contributed by atoms with Gasteiger partial charge < -0.3 is 19.5 Å². The number of hydrogen-bond acceptors (Lipinski definition) is 4. The lowest BCUT2D eigenvalue weighted by Crippen LogP contribution is -2.27. The molecule has 5 nitrogen and oxygen atoms in total. The zero-order valence-corrected chi connectivity index (χ0v) is 18.2. The average molecular weight is 418 g/mol. The largest absolute Gasteiger partial charge is 0.493 e. The molecule has 1 N–H and O–H groups in total. The van der Waals surface area contributed by atoms with Crippen LogP contribution in [0.15, 0.2) is 72.8 Å². The van der Waals surface area contributed by atoms with Gasteiger partial charge in [0, 0.05) is 11.6 Å². The minimum atomic E-state index is -0.258. The Morgan fingerprint density at radius 3 is 2.06 bits per heavy atom. The number of carbonyl (C=O) groups excluding carboxylic acids is 1. The number of nitrogens with one attached hydrogen (secondary N) is 1. The molecule has 0 saturated carbocycles. The standard InChI is InChI=1S/C26H27NO4/c1-18-10-12-20(13-11-18)24(19-8-6-5-7-9-19)27-23(28)17-15-21-14-16-22(29-2)26(31-4)25(21)30-3/h5-17,24H,1-4H3,(H,27,28)/b17-15+/t24-/m0/s1. The van der Waals surface area contributed by atoms with Crippen LogP contribution in [0.25, 0.3) is 6.08 Å². The number of methoxy groups -OCH3 is 3. The lowest BCUT2D eigenvalue weighted by Gasteiger charge is -2.19. The molecule has 0 heterocycles. The normalized spacial score (nSPS) is 11.7. The second-order valence-electron chi connectivity index (χ2n) is 7.02. The van der Waals surface area contributed by atoms with Gasteiger partial charge in [0.1, 0.15) is 0 Å². The van der Waals surface area contributed by atoms with E-state index in [1.165, 1.54) is 11.6 Å². The molecule has 0 aliphatic rings. The molecule has 3 rings (SSSR count). The van der Waals surface area contributed by atoms with Crippen molar-refractivity contribution in [2.45, 2.75) is 13.0 Å². The number of amides is 1. The molecule has 1 atom stereocenters. The van der Waals surface area contributed by atoms with Gasteiger partial charge in [0.05, 0.1) is 27.4 Å². The Bertz CT molecular complexity index is 1040. The minimum absolute atomic E-state index is 0.216. The monoisotopic (exact) mass is 417 g/mol. The van der Waals surface area contributed by atoms with Crippen molar-refractivity contribution in [3.05, 3.63) is 95.1 Å². The molecule has 0 saturated heterocycles. The van der Waals surface area contributed by atoms with Crippen LogP contribution in [0.4, 0.5) is 0 Å². The van der Waals surface area contributed by atoms with Gasteiger partial charge in [-0.25, -0.2) is 0 Å². The van der Waals surface area contributed by atoms with Gasteiger partial charge in [0.25, 0.3) is 0 Å². The molecular weight excluding hydrogens is 390 g/mol. The third-order valence-electron chi connectivity index (χ3n) is 4.98. The fourth-order valence-electron chi connectivity index (χ4n) is 3.37. The van der Waals surface area contributed by atoms with Gasteiger partial charge in [-0.1, -0.05) is 60.2 Å². The molecule has 160 valence electrons. The van der Waals surface area contributed by atoms with E-state index >= 15 is 0 Å². The van der Waals surface area contributed by atoms with Crippen molar-refractivity contribution in [3.63, 3.8) is 0 Å². The van der Waals surface area contributed by atoms with E-state index in [1.807, 2.05) is 67.6 Å². The summed E-state index contributed by atoms with van der Waals surface area (Å²) in [6, 6.07) is 21.4. The first-order valence-electron chi connectivity index (χ1n) is 9.96. The Balaban J connectivity index is 1.86. The van der Waals surface area contributed by atoms with E-state index in [1.54, 1.807) is 33.5 Å². The van der Waals surface area contributed by atoms with E-state index in [-0.39, 0.29) is 11.9 Å². The van der Waals surface area contributed by atoms with Crippen LogP contribution < -0.4 is 19.5 Å². The van der Waals surface area contributed by atoms with Gasteiger partial charge in [-0.2, -0.15) is 0 Å². The summed E-state index contributed by atoms with van der Waals surface area (Å²) in [5.74, 6) is 1.33. The van der Waals surface area contributed by atoms with Gasteiger partial charge in [0.15, 0.2) is 11.5 Å². The maximum atomic E-state index is 12.8. The highest BCUT2D eigenvalue weighted by Crippen LogP contribution is 2.40. The van der Waals surface area contributed by atoms with Gasteiger partial charge >= 0.3 is 0 Å². The minimum Gasteiger partial charge on any atom is -0.493 e. The van der Waals surface area contributed by atoms with Gasteiger partial charge in [0.2, 0.25) is 11.7 Å². The zero-order chi connectivity index (χ0) is 22.2. The van der Waals surface area contributed by atoms with Crippen LogP contribution in [-0.2, 0) is 4.79 Å². The molecule has 0 radical (unpaired) electrons. The molecule has 3 aromatic rings. The molecule has 3 aromatic carbocycles. The Morgan fingerprint density at radius 1 is 0.806 bits per heavy atom. The van der Waals surface area contributed by atoms with Crippen LogP contribution in [0.1, 0.15) is 28.3 Å². The van der Waals surface area contributed by atoms with Crippen molar-refractivity contribution in [1.82, 2.24) is 5.32 Å². The molecular formula is C26H27NO4. The summed E-state index contributed by atoms with van der Waals surface area (Å²) in [5, 5.41) is 3.11. The highest BCUT2D eigenvalue weighted by atomic mass is 16.5. The fraction of sp³-hybridized carbons (Fsp3) is 0.192. The smallest absolute Gasteiger partial charge is 0.244 e. The molecule has 0 bridgehead atoms. The van der Waals surface area contributed by atoms with E-state index in [4.69, 9.17) is 14.2 Å². The lowest BCUT2D eigenvalue weighted by atomic mass is 9.98. The summed E-state index contributed by atoms with van der Waals surface area (Å²) in [6.07, 6.45) is 3.20. The van der Waals surface area contributed by atoms with E-state index in [0.29, 0.717) is 22.8 Å². The van der Waals surface area contributed by atoms with Crippen molar-refractivity contribution < 1.29 is 19.0 Å². The second-order valence-corrected chi connectivity index (χ2v) is 7.02. The predicted molar refractivity (Wildman–Crippen MR) is 123 cm³/mol. The van der Waals surface area contributed by atoms with Crippen LogP contribution in [-0.4, -0.2) is 27.2 Å². The third kappa shape index (κ3) is 5.25. The summed E-state index contributed by atoms with van der Waals surface area (Å²) < 4.78 is 16.2. The Hall–Kier alpha value is -3.73. The number of hydrogen-bond donors (Lipinski definition) is 1. The molecule has 0 spiro atoms. The van der Waals surface area contributed by atoms with E-state index in [0.717, 1.165) is 11.1 Å². The highest BCUT2D eigenvalue weighted by molar-refractivity contribution is 5.93. The molecule has 0 aliphatic heterocycles. The predicted octanol–water partition coefficient (Wildman–Crippen LogP) is 4.94. The summed E-state index contributed by atoms with van der Waals surface area (Å²) in [4.78, 5) is 12.8. The quantitative estimate of drug-likeness (QED) is 0.528. The van der Waals surface area contributed by atoms with Gasteiger partial charge in [-0.15, -0.1) is 0 Å². The fourth-order valence-corrected chi connectivity index (χ4v) is 3.37. The van der Waals surface area contributed by atoms with Gasteiger partial charge in [-0.05, 0) is 36.3 Å². The number of aryl methyl sites for hydroxylation is 1. The van der Waals surface area contributed by atoms with E-state index in [2.05, 4.69) is 5.32 Å². The van der Waals surface area contributed by atoms with Gasteiger partial charge in [-0.3, -0.25) is 4.79 Å². The Labute approximate surface area is 183 Å². The molecule has 0 aliphatic carbocycles. The lowest BCUT2D eigenvalue weighted by molar-refractivity contribution is -0.116. The molecule has 31 heavy (non-hydrogen) atoms. The Morgan fingerprint density at radius 2 is 1.45 bits per heavy atom. The topological polar surface area (TPSA) is 56.8 Å². The van der Waals surface area contributed by atoms with E-state index < -0.39 is 0 Å². The summed E-state index contributed by atoms with van der Waals surface area (Å²) >= 11 is 0.